The van der Waals surface area contributed by atoms with E-state index >= 15 is 0 Å². The monoisotopic (exact) mass is 376 g/mol. The first kappa shape index (κ1) is 18.4. The number of amides is 1. The van der Waals surface area contributed by atoms with Gasteiger partial charge in [0, 0.05) is 30.9 Å². The highest BCUT2D eigenvalue weighted by atomic mass is 19.4. The average molecular weight is 376 g/mol. The summed E-state index contributed by atoms with van der Waals surface area (Å²) in [4.78, 5) is 14.1. The summed E-state index contributed by atoms with van der Waals surface area (Å²) < 4.78 is 43.1. The van der Waals surface area contributed by atoms with Crippen LogP contribution in [-0.4, -0.2) is 30.2 Å². The van der Waals surface area contributed by atoms with Crippen molar-refractivity contribution >= 4 is 17.6 Å². The molecule has 0 aliphatic rings. The third kappa shape index (κ3) is 4.25. The Morgan fingerprint density at radius 3 is 2.19 bits per heavy atom. The minimum absolute atomic E-state index is 0.00183. The standard InChI is InChI=1S/C18H15F3N4O2/c1-25(2)14-9-5-11(6-10-14)15(26)22-17-24-23-16(27-17)12-3-7-13(8-4-12)18(19,20)21/h3-10H,1-2H3,(H,22,24,26). The molecule has 2 aromatic carbocycles. The van der Waals surface area contributed by atoms with Crippen LogP contribution in [-0.2, 0) is 6.18 Å². The van der Waals surface area contributed by atoms with Gasteiger partial charge in [-0.1, -0.05) is 5.10 Å². The molecule has 1 aromatic heterocycles. The summed E-state index contributed by atoms with van der Waals surface area (Å²) in [6.07, 6.45) is -4.42. The lowest BCUT2D eigenvalue weighted by Crippen LogP contribution is -2.13. The number of alkyl halides is 3. The van der Waals surface area contributed by atoms with Gasteiger partial charge in [-0.05, 0) is 48.5 Å². The topological polar surface area (TPSA) is 71.3 Å². The lowest BCUT2D eigenvalue weighted by atomic mass is 10.1. The third-order valence-electron chi connectivity index (χ3n) is 3.75. The summed E-state index contributed by atoms with van der Waals surface area (Å²) in [5, 5.41) is 9.90. The minimum atomic E-state index is -4.42. The largest absolute Gasteiger partial charge is 0.416 e. The lowest BCUT2D eigenvalue weighted by Gasteiger charge is -2.12. The molecule has 0 fully saturated rings. The molecule has 0 saturated carbocycles. The first-order chi connectivity index (χ1) is 12.7. The molecule has 3 rings (SSSR count). The van der Waals surface area contributed by atoms with Crippen LogP contribution < -0.4 is 10.2 Å². The number of nitrogens with zero attached hydrogens (tertiary/aromatic N) is 3. The van der Waals surface area contributed by atoms with E-state index in [1.807, 2.05) is 19.0 Å². The van der Waals surface area contributed by atoms with Crippen LogP contribution in [0.1, 0.15) is 15.9 Å². The number of hydrogen-bond donors (Lipinski definition) is 1. The van der Waals surface area contributed by atoms with E-state index in [1.54, 1.807) is 24.3 Å². The van der Waals surface area contributed by atoms with Crippen molar-refractivity contribution in [2.45, 2.75) is 6.18 Å². The van der Waals surface area contributed by atoms with E-state index in [4.69, 9.17) is 4.42 Å². The van der Waals surface area contributed by atoms with Gasteiger partial charge in [0.15, 0.2) is 0 Å². The Labute approximate surface area is 152 Å². The highest BCUT2D eigenvalue weighted by molar-refractivity contribution is 6.03. The molecule has 0 aliphatic carbocycles. The van der Waals surface area contributed by atoms with E-state index in [0.29, 0.717) is 11.1 Å². The molecule has 0 radical (unpaired) electrons. The summed E-state index contributed by atoms with van der Waals surface area (Å²) in [6.45, 7) is 0. The van der Waals surface area contributed by atoms with Gasteiger partial charge in [-0.25, -0.2) is 0 Å². The summed E-state index contributed by atoms with van der Waals surface area (Å²) in [5.74, 6) is -0.440. The second-order valence-corrected chi connectivity index (χ2v) is 5.88. The Morgan fingerprint density at radius 1 is 1.00 bits per heavy atom. The smallest absolute Gasteiger partial charge is 0.403 e. The Bertz CT molecular complexity index is 932. The van der Waals surface area contributed by atoms with Gasteiger partial charge < -0.3 is 9.32 Å². The van der Waals surface area contributed by atoms with Crippen molar-refractivity contribution in [3.63, 3.8) is 0 Å². The van der Waals surface area contributed by atoms with Gasteiger partial charge in [0.05, 0.1) is 5.56 Å². The van der Waals surface area contributed by atoms with Crippen molar-refractivity contribution in [2.24, 2.45) is 0 Å². The molecular formula is C18H15F3N4O2. The molecular weight excluding hydrogens is 361 g/mol. The van der Waals surface area contributed by atoms with E-state index in [9.17, 15) is 18.0 Å². The Kier molecular flexibility index (Phi) is 4.85. The molecule has 0 bridgehead atoms. The molecule has 1 N–H and O–H groups in total. The van der Waals surface area contributed by atoms with Crippen LogP contribution in [0.15, 0.2) is 52.9 Å². The van der Waals surface area contributed by atoms with Crippen LogP contribution in [0.2, 0.25) is 0 Å². The first-order valence-corrected chi connectivity index (χ1v) is 7.84. The molecule has 0 saturated heterocycles. The van der Waals surface area contributed by atoms with Crippen LogP contribution in [0, 0.1) is 0 Å². The maximum Gasteiger partial charge on any atom is 0.416 e. The number of carbonyl (C=O) groups is 1. The fourth-order valence-corrected chi connectivity index (χ4v) is 2.27. The van der Waals surface area contributed by atoms with E-state index in [1.165, 1.54) is 12.1 Å². The second kappa shape index (κ2) is 7.10. The van der Waals surface area contributed by atoms with Crippen LogP contribution >= 0.6 is 0 Å². The van der Waals surface area contributed by atoms with Crippen molar-refractivity contribution in [1.29, 1.82) is 0 Å². The molecule has 27 heavy (non-hydrogen) atoms. The van der Waals surface area contributed by atoms with Gasteiger partial charge in [-0.15, -0.1) is 5.10 Å². The van der Waals surface area contributed by atoms with Gasteiger partial charge >= 0.3 is 12.2 Å². The lowest BCUT2D eigenvalue weighted by molar-refractivity contribution is -0.137. The predicted octanol–water partition coefficient (Wildman–Crippen LogP) is 4.07. The zero-order chi connectivity index (χ0) is 19.6. The molecule has 3 aromatic rings. The number of aromatic nitrogens is 2. The van der Waals surface area contributed by atoms with E-state index in [2.05, 4.69) is 15.5 Å². The predicted molar refractivity (Wildman–Crippen MR) is 93.5 cm³/mol. The molecule has 0 unspecified atom stereocenters. The summed E-state index contributed by atoms with van der Waals surface area (Å²) in [7, 11) is 3.77. The van der Waals surface area contributed by atoms with Gasteiger partial charge in [-0.2, -0.15) is 13.2 Å². The molecule has 1 amide bonds. The van der Waals surface area contributed by atoms with Crippen molar-refractivity contribution in [3.05, 3.63) is 59.7 Å². The number of benzene rings is 2. The molecule has 0 aliphatic heterocycles. The SMILES string of the molecule is CN(C)c1ccc(C(=O)Nc2nnc(-c3ccc(C(F)(F)F)cc3)o2)cc1. The number of rotatable bonds is 4. The minimum Gasteiger partial charge on any atom is -0.403 e. The number of nitrogens with one attached hydrogen (secondary N) is 1. The zero-order valence-electron chi connectivity index (χ0n) is 14.4. The zero-order valence-corrected chi connectivity index (χ0v) is 14.4. The highest BCUT2D eigenvalue weighted by Crippen LogP contribution is 2.31. The fraction of sp³-hybridized carbons (Fsp3) is 0.167. The molecule has 0 spiro atoms. The first-order valence-electron chi connectivity index (χ1n) is 7.84. The van der Waals surface area contributed by atoms with Gasteiger partial charge in [0.1, 0.15) is 0 Å². The van der Waals surface area contributed by atoms with Crippen LogP contribution in [0.3, 0.4) is 0 Å². The second-order valence-electron chi connectivity index (χ2n) is 5.88. The highest BCUT2D eigenvalue weighted by Gasteiger charge is 2.30. The number of halogens is 3. The molecule has 6 nitrogen and oxygen atoms in total. The number of hydrogen-bond acceptors (Lipinski definition) is 5. The van der Waals surface area contributed by atoms with E-state index in [0.717, 1.165) is 17.8 Å². The van der Waals surface area contributed by atoms with Crippen LogP contribution in [0.4, 0.5) is 24.9 Å². The van der Waals surface area contributed by atoms with Crippen LogP contribution in [0.5, 0.6) is 0 Å². The molecule has 0 atom stereocenters. The van der Waals surface area contributed by atoms with Gasteiger partial charge in [0.25, 0.3) is 5.91 Å². The number of carbonyl (C=O) groups excluding carboxylic acids is 1. The average Bonchev–Trinajstić information content (AvgIpc) is 3.09. The quantitative estimate of drug-likeness (QED) is 0.743. The van der Waals surface area contributed by atoms with E-state index < -0.39 is 17.6 Å². The normalized spacial score (nSPS) is 11.3. The van der Waals surface area contributed by atoms with Crippen LogP contribution in [0.25, 0.3) is 11.5 Å². The maximum atomic E-state index is 12.6. The molecule has 9 heteroatoms. The maximum absolute atomic E-state index is 12.6. The van der Waals surface area contributed by atoms with Crippen molar-refractivity contribution in [1.82, 2.24) is 10.2 Å². The van der Waals surface area contributed by atoms with Crippen molar-refractivity contribution < 1.29 is 22.4 Å². The third-order valence-corrected chi connectivity index (χ3v) is 3.75. The fourth-order valence-electron chi connectivity index (χ4n) is 2.27. The van der Waals surface area contributed by atoms with Gasteiger partial charge in [0.2, 0.25) is 5.89 Å². The summed E-state index contributed by atoms with van der Waals surface area (Å²) >= 11 is 0. The Morgan fingerprint density at radius 2 is 1.63 bits per heavy atom. The van der Waals surface area contributed by atoms with Crippen molar-refractivity contribution in [3.8, 4) is 11.5 Å². The Hall–Kier alpha value is -3.36. The van der Waals surface area contributed by atoms with Gasteiger partial charge in [-0.3, -0.25) is 10.1 Å². The Balaban J connectivity index is 1.71. The molecule has 140 valence electrons. The summed E-state index contributed by atoms with van der Waals surface area (Å²) in [5.41, 5.74) is 0.871. The van der Waals surface area contributed by atoms with E-state index in [-0.39, 0.29) is 11.9 Å². The summed E-state index contributed by atoms with van der Waals surface area (Å²) in [6, 6.07) is 11.0. The number of anilines is 2. The molecule has 1 heterocycles. The van der Waals surface area contributed by atoms with Crippen molar-refractivity contribution in [2.75, 3.05) is 24.3 Å².